The van der Waals surface area contributed by atoms with Crippen LogP contribution in [-0.2, 0) is 4.79 Å². The van der Waals surface area contributed by atoms with Gasteiger partial charge < -0.3 is 14.5 Å². The Hall–Kier alpha value is -3.02. The minimum Gasteiger partial charge on any atom is -0.484 e. The first-order chi connectivity index (χ1) is 14.8. The molecule has 0 radical (unpaired) electrons. The molecule has 0 saturated heterocycles. The van der Waals surface area contributed by atoms with Gasteiger partial charge in [-0.3, -0.25) is 4.79 Å². The van der Waals surface area contributed by atoms with Crippen LogP contribution in [0.4, 0.5) is 5.69 Å². The number of nitrogens with one attached hydrogen (secondary N) is 1. The SMILES string of the molecule is Cc1ccc2nc(-c3ccc(Cl)c(NC(=O)COc4cc(C)c(Cl)c(C)c4)c3)oc2c1. The first kappa shape index (κ1) is 21.2. The number of carbonyl (C=O) groups excluding carboxylic acids is 1. The molecule has 0 atom stereocenters. The molecule has 0 fully saturated rings. The second kappa shape index (κ2) is 8.61. The molecular formula is C24H20Cl2N2O3. The van der Waals surface area contributed by atoms with Gasteiger partial charge in [0.15, 0.2) is 12.2 Å². The zero-order valence-corrected chi connectivity index (χ0v) is 18.8. The maximum Gasteiger partial charge on any atom is 0.262 e. The fraction of sp³-hybridized carbons (Fsp3) is 0.167. The summed E-state index contributed by atoms with van der Waals surface area (Å²) in [5, 5.41) is 3.88. The number of fused-ring (bicyclic) bond motifs is 1. The van der Waals surface area contributed by atoms with E-state index in [4.69, 9.17) is 32.4 Å². The van der Waals surface area contributed by atoms with Gasteiger partial charge in [-0.25, -0.2) is 4.98 Å². The Morgan fingerprint density at radius 1 is 1.03 bits per heavy atom. The molecule has 158 valence electrons. The fourth-order valence-corrected chi connectivity index (χ4v) is 3.51. The second-order valence-electron chi connectivity index (χ2n) is 7.39. The van der Waals surface area contributed by atoms with E-state index in [0.717, 1.165) is 22.2 Å². The van der Waals surface area contributed by atoms with Crippen LogP contribution in [0.1, 0.15) is 16.7 Å². The van der Waals surface area contributed by atoms with Gasteiger partial charge in [-0.2, -0.15) is 0 Å². The Morgan fingerprint density at radius 2 is 1.77 bits per heavy atom. The topological polar surface area (TPSA) is 64.4 Å². The Morgan fingerprint density at radius 3 is 2.52 bits per heavy atom. The molecule has 0 aliphatic heterocycles. The van der Waals surface area contributed by atoms with Gasteiger partial charge in [0.2, 0.25) is 5.89 Å². The summed E-state index contributed by atoms with van der Waals surface area (Å²) in [4.78, 5) is 17.0. The third kappa shape index (κ3) is 4.68. The van der Waals surface area contributed by atoms with Crippen LogP contribution in [0.5, 0.6) is 5.75 Å². The van der Waals surface area contributed by atoms with Crippen LogP contribution in [0.3, 0.4) is 0 Å². The summed E-state index contributed by atoms with van der Waals surface area (Å²) in [6.45, 7) is 5.61. The van der Waals surface area contributed by atoms with E-state index in [9.17, 15) is 4.79 Å². The molecule has 5 nitrogen and oxygen atoms in total. The monoisotopic (exact) mass is 454 g/mol. The van der Waals surface area contributed by atoms with E-state index in [1.54, 1.807) is 30.3 Å². The minimum atomic E-state index is -0.336. The van der Waals surface area contributed by atoms with Crippen LogP contribution in [0.25, 0.3) is 22.6 Å². The highest BCUT2D eigenvalue weighted by molar-refractivity contribution is 6.34. The number of hydrogen-bond acceptors (Lipinski definition) is 4. The summed E-state index contributed by atoms with van der Waals surface area (Å²) in [7, 11) is 0. The molecule has 0 spiro atoms. The molecule has 0 aliphatic carbocycles. The van der Waals surface area contributed by atoms with Crippen LogP contribution in [0, 0.1) is 20.8 Å². The van der Waals surface area contributed by atoms with Gasteiger partial charge in [0.25, 0.3) is 5.91 Å². The summed E-state index contributed by atoms with van der Waals surface area (Å²) in [5.74, 6) is 0.699. The molecule has 0 aliphatic rings. The van der Waals surface area contributed by atoms with Gasteiger partial charge in [-0.1, -0.05) is 29.3 Å². The van der Waals surface area contributed by atoms with Crippen LogP contribution >= 0.6 is 23.2 Å². The van der Waals surface area contributed by atoms with Crippen LogP contribution in [0.15, 0.2) is 52.9 Å². The smallest absolute Gasteiger partial charge is 0.262 e. The van der Waals surface area contributed by atoms with E-state index >= 15 is 0 Å². The Bertz CT molecular complexity index is 1270. The summed E-state index contributed by atoms with van der Waals surface area (Å²) in [6, 6.07) is 14.6. The van der Waals surface area contributed by atoms with Crippen molar-refractivity contribution in [3.05, 3.63) is 75.3 Å². The Balaban J connectivity index is 1.49. The standard InChI is InChI=1S/C24H20Cl2N2O3/c1-13-4-7-19-21(8-13)31-24(28-19)16-5-6-18(25)20(11-16)27-22(29)12-30-17-9-14(2)23(26)15(3)10-17/h4-11H,12H2,1-3H3,(H,27,29). The molecule has 1 amide bonds. The number of anilines is 1. The summed E-state index contributed by atoms with van der Waals surface area (Å²) < 4.78 is 11.5. The number of oxazole rings is 1. The quantitative estimate of drug-likeness (QED) is 0.362. The van der Waals surface area contributed by atoms with Crippen LogP contribution in [0.2, 0.25) is 10.0 Å². The molecule has 1 heterocycles. The van der Waals surface area contributed by atoms with Gasteiger partial charge in [0, 0.05) is 10.6 Å². The average Bonchev–Trinajstić information content (AvgIpc) is 3.15. The first-order valence-electron chi connectivity index (χ1n) is 9.66. The van der Waals surface area contributed by atoms with Crippen molar-refractivity contribution in [3.63, 3.8) is 0 Å². The highest BCUT2D eigenvalue weighted by Gasteiger charge is 2.13. The number of benzene rings is 3. The minimum absolute atomic E-state index is 0.163. The molecule has 4 rings (SSSR count). The predicted molar refractivity (Wildman–Crippen MR) is 124 cm³/mol. The zero-order valence-electron chi connectivity index (χ0n) is 17.3. The third-order valence-electron chi connectivity index (χ3n) is 4.81. The largest absolute Gasteiger partial charge is 0.484 e. The van der Waals surface area contributed by atoms with Crippen molar-refractivity contribution in [2.75, 3.05) is 11.9 Å². The molecular weight excluding hydrogens is 435 g/mol. The van der Waals surface area contributed by atoms with E-state index in [-0.39, 0.29) is 12.5 Å². The lowest BCUT2D eigenvalue weighted by Crippen LogP contribution is -2.20. The highest BCUT2D eigenvalue weighted by atomic mass is 35.5. The molecule has 1 aromatic heterocycles. The molecule has 1 N–H and O–H groups in total. The molecule has 31 heavy (non-hydrogen) atoms. The number of amides is 1. The lowest BCUT2D eigenvalue weighted by molar-refractivity contribution is -0.118. The van der Waals surface area contributed by atoms with E-state index < -0.39 is 0 Å². The number of hydrogen-bond donors (Lipinski definition) is 1. The molecule has 7 heteroatoms. The molecule has 0 bridgehead atoms. The van der Waals surface area contributed by atoms with Gasteiger partial charge in [0.1, 0.15) is 11.3 Å². The van der Waals surface area contributed by atoms with Crippen molar-refractivity contribution in [2.45, 2.75) is 20.8 Å². The first-order valence-corrected chi connectivity index (χ1v) is 10.4. The maximum atomic E-state index is 12.4. The van der Waals surface area contributed by atoms with Gasteiger partial charge in [0.05, 0.1) is 10.7 Å². The summed E-state index contributed by atoms with van der Waals surface area (Å²) in [5.41, 5.74) is 5.50. The predicted octanol–water partition coefficient (Wildman–Crippen LogP) is 6.74. The molecule has 4 aromatic rings. The van der Waals surface area contributed by atoms with Crippen molar-refractivity contribution in [1.82, 2.24) is 4.98 Å². The Kier molecular flexibility index (Phi) is 5.90. The molecule has 0 unspecified atom stereocenters. The molecule has 3 aromatic carbocycles. The van der Waals surface area contributed by atoms with E-state index in [0.29, 0.717) is 38.5 Å². The normalized spacial score (nSPS) is 11.0. The molecule has 0 saturated carbocycles. The van der Waals surface area contributed by atoms with Gasteiger partial charge in [-0.05, 0) is 79.9 Å². The lowest BCUT2D eigenvalue weighted by Gasteiger charge is -2.11. The van der Waals surface area contributed by atoms with Gasteiger partial charge >= 0.3 is 0 Å². The number of aromatic nitrogens is 1. The van der Waals surface area contributed by atoms with Crippen molar-refractivity contribution in [3.8, 4) is 17.2 Å². The fourth-order valence-electron chi connectivity index (χ4n) is 3.23. The summed E-state index contributed by atoms with van der Waals surface area (Å²) >= 11 is 12.5. The van der Waals surface area contributed by atoms with Crippen molar-refractivity contribution in [2.24, 2.45) is 0 Å². The number of aryl methyl sites for hydroxylation is 3. The third-order valence-corrected chi connectivity index (χ3v) is 5.74. The number of nitrogens with zero attached hydrogens (tertiary/aromatic N) is 1. The number of halogens is 2. The van der Waals surface area contributed by atoms with Crippen molar-refractivity contribution in [1.29, 1.82) is 0 Å². The number of carbonyl (C=O) groups is 1. The number of rotatable bonds is 5. The highest BCUT2D eigenvalue weighted by Crippen LogP contribution is 2.31. The van der Waals surface area contributed by atoms with Crippen LogP contribution < -0.4 is 10.1 Å². The zero-order chi connectivity index (χ0) is 22.1. The van der Waals surface area contributed by atoms with E-state index in [1.807, 2.05) is 39.0 Å². The Labute approximate surface area is 189 Å². The van der Waals surface area contributed by atoms with Crippen LogP contribution in [-0.4, -0.2) is 17.5 Å². The van der Waals surface area contributed by atoms with E-state index in [1.165, 1.54) is 0 Å². The van der Waals surface area contributed by atoms with Crippen molar-refractivity contribution < 1.29 is 13.9 Å². The van der Waals surface area contributed by atoms with E-state index in [2.05, 4.69) is 10.3 Å². The lowest BCUT2D eigenvalue weighted by atomic mass is 10.1. The van der Waals surface area contributed by atoms with Gasteiger partial charge in [-0.15, -0.1) is 0 Å². The second-order valence-corrected chi connectivity index (χ2v) is 8.18. The number of ether oxygens (including phenoxy) is 1. The average molecular weight is 455 g/mol. The maximum absolute atomic E-state index is 12.4. The van der Waals surface area contributed by atoms with Crippen molar-refractivity contribution >= 4 is 45.9 Å². The summed E-state index contributed by atoms with van der Waals surface area (Å²) in [6.07, 6.45) is 0.